The Balaban J connectivity index is 1.11. The Morgan fingerprint density at radius 1 is 1.19 bits per heavy atom. The third-order valence-corrected chi connectivity index (χ3v) is 6.03. The molecule has 14 heteroatoms. The molecule has 0 saturated carbocycles. The van der Waals surface area contributed by atoms with Crippen LogP contribution in [0.5, 0.6) is 5.75 Å². The third kappa shape index (κ3) is 5.54. The van der Waals surface area contributed by atoms with Crippen LogP contribution >= 0.6 is 0 Å². The highest BCUT2D eigenvalue weighted by Crippen LogP contribution is 2.23. The average Bonchev–Trinajstić information content (AvgIpc) is 3.60. The van der Waals surface area contributed by atoms with Crippen LogP contribution in [0.2, 0.25) is 0 Å². The largest absolute Gasteiger partial charge is 0.489 e. The minimum atomic E-state index is -2.49. The zero-order valence-electron chi connectivity index (χ0n) is 23.2. The van der Waals surface area contributed by atoms with E-state index in [4.69, 9.17) is 19.0 Å². The van der Waals surface area contributed by atoms with E-state index in [2.05, 4.69) is 34.7 Å². The average molecular weight is 516 g/mol. The molecule has 196 valence electrons. The first-order chi connectivity index (χ1) is 19.2. The number of nitrogens with zero attached hydrogens (tertiary/aromatic N) is 9. The Kier molecular flexibility index (Phi) is 6.22. The van der Waals surface area contributed by atoms with E-state index in [0.29, 0.717) is 42.8 Å². The van der Waals surface area contributed by atoms with Crippen molar-refractivity contribution in [3.05, 3.63) is 36.6 Å². The first kappa shape index (κ1) is 21.1. The van der Waals surface area contributed by atoms with E-state index in [1.165, 1.54) is 29.2 Å². The molecule has 0 unspecified atom stereocenters. The number of methoxy groups -OCH3 is 1. The summed E-state index contributed by atoms with van der Waals surface area (Å²) in [6, 6.07) is 3.05. The first-order valence-electron chi connectivity index (χ1n) is 13.2. The lowest BCUT2D eigenvalue weighted by Gasteiger charge is -2.36. The van der Waals surface area contributed by atoms with Crippen molar-refractivity contribution in [2.75, 3.05) is 82.1 Å². The molecule has 0 aromatic carbocycles. The Labute approximate surface area is 216 Å². The number of oxazole rings is 1. The predicted molar refractivity (Wildman–Crippen MR) is 134 cm³/mol. The summed E-state index contributed by atoms with van der Waals surface area (Å²) in [5.41, 5.74) is 6.66. The number of aromatic nitrogens is 6. The number of nitrogen functional groups attached to an aromatic ring is 1. The summed E-state index contributed by atoms with van der Waals surface area (Å²) < 4.78 is 52.4. The first-order valence-corrected chi connectivity index (χ1v) is 11.7. The lowest BCUT2D eigenvalue weighted by Crippen LogP contribution is -2.48. The number of rotatable bonds is 10. The summed E-state index contributed by atoms with van der Waals surface area (Å²) in [6.45, 7) is 3.99. The summed E-state index contributed by atoms with van der Waals surface area (Å²) in [5, 5.41) is 4.31. The van der Waals surface area contributed by atoms with Crippen molar-refractivity contribution >= 4 is 23.2 Å². The van der Waals surface area contributed by atoms with Crippen LogP contribution in [0.4, 0.5) is 22.0 Å². The van der Waals surface area contributed by atoms with Gasteiger partial charge in [0, 0.05) is 65.5 Å². The van der Waals surface area contributed by atoms with Gasteiger partial charge in [0.15, 0.2) is 17.3 Å². The van der Waals surface area contributed by atoms with Crippen molar-refractivity contribution in [1.82, 2.24) is 34.4 Å². The molecule has 5 heterocycles. The molecule has 4 aromatic rings. The molecule has 5 rings (SSSR count). The number of anilines is 3. The summed E-state index contributed by atoms with van der Waals surface area (Å²) in [6.07, 6.45) is 4.39. The number of pyridine rings is 1. The van der Waals surface area contributed by atoms with E-state index in [0.717, 1.165) is 19.6 Å². The second kappa shape index (κ2) is 10.9. The van der Waals surface area contributed by atoms with Gasteiger partial charge in [-0.2, -0.15) is 9.50 Å². The quantitative estimate of drug-likeness (QED) is 0.304. The minimum absolute atomic E-state index is 0.0234. The van der Waals surface area contributed by atoms with Crippen LogP contribution in [0.25, 0.3) is 17.4 Å². The van der Waals surface area contributed by atoms with Crippen LogP contribution < -0.4 is 20.3 Å². The van der Waals surface area contributed by atoms with Gasteiger partial charge in [-0.05, 0) is 0 Å². The second-order valence-corrected chi connectivity index (χ2v) is 8.44. The van der Waals surface area contributed by atoms with Gasteiger partial charge in [-0.3, -0.25) is 4.90 Å². The maximum absolute atomic E-state index is 14.7. The lowest BCUT2D eigenvalue weighted by molar-refractivity contribution is 0.146. The van der Waals surface area contributed by atoms with Crippen LogP contribution in [0.1, 0.15) is 4.11 Å². The summed E-state index contributed by atoms with van der Waals surface area (Å²) in [7, 11) is -0.562. The van der Waals surface area contributed by atoms with Crippen molar-refractivity contribution < 1.29 is 22.4 Å². The monoisotopic (exact) mass is 515 g/mol. The van der Waals surface area contributed by atoms with Gasteiger partial charge in [-0.25, -0.2) is 19.3 Å². The molecule has 0 bridgehead atoms. The fraction of sp³-hybridized carbons (Fsp3) is 0.435. The lowest BCUT2D eigenvalue weighted by atomic mass is 10.3. The molecule has 1 aliphatic rings. The highest BCUT2D eigenvalue weighted by atomic mass is 19.1. The zero-order chi connectivity index (χ0) is 28.3. The van der Waals surface area contributed by atoms with E-state index >= 15 is 0 Å². The number of likely N-dealkylation sites (N-methyl/N-ethyl adjacent to an activating group) is 1. The van der Waals surface area contributed by atoms with Crippen LogP contribution in [0.3, 0.4) is 0 Å². The van der Waals surface area contributed by atoms with Gasteiger partial charge < -0.3 is 29.4 Å². The molecule has 37 heavy (non-hydrogen) atoms. The van der Waals surface area contributed by atoms with Gasteiger partial charge in [0.25, 0.3) is 5.89 Å². The highest BCUT2D eigenvalue weighted by Gasteiger charge is 2.22. The van der Waals surface area contributed by atoms with Gasteiger partial charge >= 0.3 is 0 Å². The van der Waals surface area contributed by atoms with E-state index in [1.807, 2.05) is 16.8 Å². The van der Waals surface area contributed by atoms with Gasteiger partial charge in [0.1, 0.15) is 24.4 Å². The molecule has 1 aliphatic heterocycles. The molecule has 0 aliphatic carbocycles. The van der Waals surface area contributed by atoms with Crippen molar-refractivity contribution in [3.63, 3.8) is 0 Å². The van der Waals surface area contributed by atoms with Crippen molar-refractivity contribution in [2.24, 2.45) is 0 Å². The minimum Gasteiger partial charge on any atom is -0.489 e. The summed E-state index contributed by atoms with van der Waals surface area (Å²) in [4.78, 5) is 23.4. The summed E-state index contributed by atoms with van der Waals surface area (Å²) in [5.74, 6) is 1.46. The Morgan fingerprint density at radius 3 is 2.81 bits per heavy atom. The molecule has 0 atom stereocenters. The molecule has 0 amide bonds. The number of hydrogen-bond donors (Lipinski definition) is 1. The maximum atomic E-state index is 14.7. The van der Waals surface area contributed by atoms with Crippen molar-refractivity contribution in [3.8, 4) is 17.5 Å². The maximum Gasteiger partial charge on any atom is 0.266 e. The number of halogens is 1. The van der Waals surface area contributed by atoms with Gasteiger partial charge in [0.05, 0.1) is 23.1 Å². The number of fused-ring (bicyclic) bond motifs is 1. The Morgan fingerprint density at radius 2 is 2.05 bits per heavy atom. The standard InChI is InChI=1S/C23H29FN10O3/c1-31(18-14-19-28-20(22-26-3-10-37-22)30-34(19)23(25)29-18)4-5-32-6-8-33(9-7-32)21-17(24)13-16(15-27-21)36-12-11-35-2/h3,10,13-15H,4-9,11-12H2,1-2H3,(H2,25,29)/i2D3. The second-order valence-electron chi connectivity index (χ2n) is 8.44. The molecule has 0 radical (unpaired) electrons. The van der Waals surface area contributed by atoms with Crippen LogP contribution in [0, 0.1) is 5.82 Å². The molecule has 2 N–H and O–H groups in total. The van der Waals surface area contributed by atoms with E-state index in [1.54, 1.807) is 6.07 Å². The van der Waals surface area contributed by atoms with Crippen molar-refractivity contribution in [1.29, 1.82) is 0 Å². The van der Waals surface area contributed by atoms with Gasteiger partial charge in [-0.15, -0.1) is 5.10 Å². The molecule has 1 saturated heterocycles. The smallest absolute Gasteiger partial charge is 0.266 e. The normalized spacial score (nSPS) is 15.9. The summed E-state index contributed by atoms with van der Waals surface area (Å²) >= 11 is 0. The molecule has 0 spiro atoms. The fourth-order valence-electron chi connectivity index (χ4n) is 4.03. The molecular formula is C23H29FN10O3. The SMILES string of the molecule is [2H]C([2H])([2H])OCCOc1cnc(N2CCN(CCN(C)c3cc4nc(-c5ncco5)nn4c(N)n3)CC2)c(F)c1. The number of nitrogens with two attached hydrogens (primary N) is 1. The van der Waals surface area contributed by atoms with E-state index in [-0.39, 0.29) is 30.7 Å². The zero-order valence-corrected chi connectivity index (χ0v) is 20.2. The topological polar surface area (TPSA) is 136 Å². The number of ether oxygens (including phenoxy) is 2. The molecular weight excluding hydrogens is 483 g/mol. The van der Waals surface area contributed by atoms with E-state index < -0.39 is 12.9 Å². The van der Waals surface area contributed by atoms with Crippen LogP contribution in [-0.2, 0) is 4.74 Å². The Bertz CT molecular complexity index is 1430. The Hall–Kier alpha value is -4.04. The van der Waals surface area contributed by atoms with Crippen LogP contribution in [0.15, 0.2) is 35.2 Å². The highest BCUT2D eigenvalue weighted by molar-refractivity contribution is 5.58. The third-order valence-electron chi connectivity index (χ3n) is 6.03. The predicted octanol–water partition coefficient (Wildman–Crippen LogP) is 1.18. The number of piperazine rings is 1. The number of hydrogen-bond acceptors (Lipinski definition) is 12. The van der Waals surface area contributed by atoms with Crippen molar-refractivity contribution in [2.45, 2.75) is 0 Å². The molecule has 1 fully saturated rings. The fourth-order valence-corrected chi connectivity index (χ4v) is 4.03. The van der Waals surface area contributed by atoms with Gasteiger partial charge in [-0.1, -0.05) is 0 Å². The van der Waals surface area contributed by atoms with Gasteiger partial charge in [0.2, 0.25) is 11.8 Å². The van der Waals surface area contributed by atoms with Crippen LogP contribution in [-0.4, -0.2) is 101 Å². The van der Waals surface area contributed by atoms with E-state index in [9.17, 15) is 4.39 Å². The molecule has 4 aromatic heterocycles. The molecule has 13 nitrogen and oxygen atoms in total.